The molecule has 18 heavy (non-hydrogen) atoms. The van der Waals surface area contributed by atoms with Crippen molar-refractivity contribution in [3.8, 4) is 11.5 Å². The predicted molar refractivity (Wildman–Crippen MR) is 73.5 cm³/mol. The standard InChI is InChI=1S/C15H23NO2/c1-5-7-16-14-11-8-10(3)9-13(17-4)15(11)18-12(14)6-2/h8-9,12,14,16H,5-7H2,1-4H3. The molecule has 2 atom stereocenters. The molecule has 3 heteroatoms. The van der Waals surface area contributed by atoms with Gasteiger partial charge in [-0.1, -0.05) is 19.9 Å². The molecule has 1 N–H and O–H groups in total. The molecule has 1 heterocycles. The monoisotopic (exact) mass is 249 g/mol. The third-order valence-corrected chi connectivity index (χ3v) is 3.44. The fourth-order valence-electron chi connectivity index (χ4n) is 2.56. The van der Waals surface area contributed by atoms with E-state index in [-0.39, 0.29) is 6.10 Å². The van der Waals surface area contributed by atoms with Crippen LogP contribution in [0.25, 0.3) is 0 Å². The Balaban J connectivity index is 2.36. The first kappa shape index (κ1) is 13.2. The molecule has 0 fully saturated rings. The zero-order valence-corrected chi connectivity index (χ0v) is 11.7. The second kappa shape index (κ2) is 5.61. The summed E-state index contributed by atoms with van der Waals surface area (Å²) in [7, 11) is 1.70. The topological polar surface area (TPSA) is 30.5 Å². The Morgan fingerprint density at radius 1 is 1.33 bits per heavy atom. The summed E-state index contributed by atoms with van der Waals surface area (Å²) in [5.74, 6) is 1.77. The van der Waals surface area contributed by atoms with E-state index in [9.17, 15) is 0 Å². The average molecular weight is 249 g/mol. The minimum absolute atomic E-state index is 0.210. The molecule has 1 aliphatic heterocycles. The highest BCUT2D eigenvalue weighted by Crippen LogP contribution is 2.44. The summed E-state index contributed by atoms with van der Waals surface area (Å²) in [4.78, 5) is 0. The average Bonchev–Trinajstić information content (AvgIpc) is 2.73. The highest BCUT2D eigenvalue weighted by atomic mass is 16.5. The molecule has 0 aromatic heterocycles. The van der Waals surface area contributed by atoms with Crippen LogP contribution >= 0.6 is 0 Å². The summed E-state index contributed by atoms with van der Waals surface area (Å²) >= 11 is 0. The molecule has 0 bridgehead atoms. The van der Waals surface area contributed by atoms with Crippen molar-refractivity contribution in [3.63, 3.8) is 0 Å². The van der Waals surface area contributed by atoms with Crippen LogP contribution in [0.15, 0.2) is 12.1 Å². The van der Waals surface area contributed by atoms with Crippen LogP contribution in [-0.2, 0) is 0 Å². The highest BCUT2D eigenvalue weighted by Gasteiger charge is 2.35. The zero-order valence-electron chi connectivity index (χ0n) is 11.7. The lowest BCUT2D eigenvalue weighted by atomic mass is 9.99. The second-order valence-corrected chi connectivity index (χ2v) is 4.88. The van der Waals surface area contributed by atoms with Gasteiger partial charge >= 0.3 is 0 Å². The maximum Gasteiger partial charge on any atom is 0.166 e. The van der Waals surface area contributed by atoms with Crippen molar-refractivity contribution in [2.75, 3.05) is 13.7 Å². The van der Waals surface area contributed by atoms with Crippen LogP contribution in [0.5, 0.6) is 11.5 Å². The minimum atomic E-state index is 0.210. The molecule has 0 spiro atoms. The van der Waals surface area contributed by atoms with Crippen molar-refractivity contribution in [3.05, 3.63) is 23.3 Å². The van der Waals surface area contributed by atoms with Gasteiger partial charge < -0.3 is 14.8 Å². The van der Waals surface area contributed by atoms with Crippen molar-refractivity contribution in [2.45, 2.75) is 45.8 Å². The minimum Gasteiger partial charge on any atom is -0.493 e. The molecule has 2 rings (SSSR count). The first-order valence-corrected chi connectivity index (χ1v) is 6.79. The van der Waals surface area contributed by atoms with E-state index in [2.05, 4.69) is 32.2 Å². The predicted octanol–water partition coefficient (Wildman–Crippen LogP) is 3.22. The van der Waals surface area contributed by atoms with Crippen LogP contribution in [0.4, 0.5) is 0 Å². The largest absolute Gasteiger partial charge is 0.493 e. The molecule has 100 valence electrons. The fraction of sp³-hybridized carbons (Fsp3) is 0.600. The Hall–Kier alpha value is -1.22. The third-order valence-electron chi connectivity index (χ3n) is 3.44. The lowest BCUT2D eigenvalue weighted by molar-refractivity contribution is 0.180. The van der Waals surface area contributed by atoms with Gasteiger partial charge in [0.25, 0.3) is 0 Å². The van der Waals surface area contributed by atoms with E-state index in [0.717, 1.165) is 30.9 Å². The van der Waals surface area contributed by atoms with Gasteiger partial charge in [0.15, 0.2) is 11.5 Å². The highest BCUT2D eigenvalue weighted by molar-refractivity contribution is 5.53. The molecule has 1 aliphatic rings. The number of fused-ring (bicyclic) bond motifs is 1. The van der Waals surface area contributed by atoms with Gasteiger partial charge in [-0.2, -0.15) is 0 Å². The number of hydrogen-bond acceptors (Lipinski definition) is 3. The number of hydrogen-bond donors (Lipinski definition) is 1. The molecule has 2 unspecified atom stereocenters. The van der Waals surface area contributed by atoms with Gasteiger partial charge in [-0.25, -0.2) is 0 Å². The van der Waals surface area contributed by atoms with E-state index in [1.165, 1.54) is 11.1 Å². The van der Waals surface area contributed by atoms with E-state index in [4.69, 9.17) is 9.47 Å². The van der Waals surface area contributed by atoms with Crippen molar-refractivity contribution >= 4 is 0 Å². The van der Waals surface area contributed by atoms with E-state index >= 15 is 0 Å². The molecule has 0 saturated heterocycles. The van der Waals surface area contributed by atoms with Gasteiger partial charge in [0, 0.05) is 5.56 Å². The van der Waals surface area contributed by atoms with E-state index in [0.29, 0.717) is 6.04 Å². The lowest BCUT2D eigenvalue weighted by Crippen LogP contribution is -2.31. The van der Waals surface area contributed by atoms with Crippen LogP contribution in [0, 0.1) is 6.92 Å². The van der Waals surface area contributed by atoms with Crippen LogP contribution in [-0.4, -0.2) is 19.8 Å². The number of benzene rings is 1. The van der Waals surface area contributed by atoms with E-state index < -0.39 is 0 Å². The van der Waals surface area contributed by atoms with Crippen molar-refractivity contribution in [1.29, 1.82) is 0 Å². The first-order chi connectivity index (χ1) is 8.71. The number of ether oxygens (including phenoxy) is 2. The summed E-state index contributed by atoms with van der Waals surface area (Å²) < 4.78 is 11.5. The maximum absolute atomic E-state index is 6.06. The number of methoxy groups -OCH3 is 1. The molecule has 0 radical (unpaired) electrons. The summed E-state index contributed by atoms with van der Waals surface area (Å²) in [5.41, 5.74) is 2.46. The molecule has 1 aromatic rings. The van der Waals surface area contributed by atoms with Gasteiger partial charge in [0.1, 0.15) is 6.10 Å². The molecule has 0 aliphatic carbocycles. The number of aryl methyl sites for hydroxylation is 1. The van der Waals surface area contributed by atoms with Crippen molar-refractivity contribution in [1.82, 2.24) is 5.32 Å². The van der Waals surface area contributed by atoms with Crippen molar-refractivity contribution in [2.24, 2.45) is 0 Å². The Labute approximate surface area is 109 Å². The summed E-state index contributed by atoms with van der Waals surface area (Å²) in [6, 6.07) is 4.54. The zero-order chi connectivity index (χ0) is 13.1. The second-order valence-electron chi connectivity index (χ2n) is 4.88. The molecule has 0 saturated carbocycles. The first-order valence-electron chi connectivity index (χ1n) is 6.79. The maximum atomic E-state index is 6.06. The Kier molecular flexibility index (Phi) is 4.12. The van der Waals surface area contributed by atoms with Crippen molar-refractivity contribution < 1.29 is 9.47 Å². The van der Waals surface area contributed by atoms with Gasteiger partial charge in [0.2, 0.25) is 0 Å². The Morgan fingerprint density at radius 3 is 2.72 bits per heavy atom. The lowest BCUT2D eigenvalue weighted by Gasteiger charge is -2.18. The van der Waals surface area contributed by atoms with Crippen LogP contribution < -0.4 is 14.8 Å². The number of rotatable bonds is 5. The SMILES string of the molecule is CCCNC1c2cc(C)cc(OC)c2OC1CC. The van der Waals surface area contributed by atoms with Crippen LogP contribution in [0.1, 0.15) is 43.9 Å². The van der Waals surface area contributed by atoms with Gasteiger partial charge in [-0.3, -0.25) is 0 Å². The molecular formula is C15H23NO2. The normalized spacial score (nSPS) is 21.6. The summed E-state index contributed by atoms with van der Waals surface area (Å²) in [5, 5.41) is 3.59. The Morgan fingerprint density at radius 2 is 2.11 bits per heavy atom. The van der Waals surface area contributed by atoms with Crippen LogP contribution in [0.2, 0.25) is 0 Å². The Bertz CT molecular complexity index is 417. The molecule has 3 nitrogen and oxygen atoms in total. The quantitative estimate of drug-likeness (QED) is 0.869. The van der Waals surface area contributed by atoms with E-state index in [1.807, 2.05) is 6.07 Å². The third kappa shape index (κ3) is 2.32. The summed E-state index contributed by atoms with van der Waals surface area (Å²) in [6.45, 7) is 7.46. The molecular weight excluding hydrogens is 226 g/mol. The van der Waals surface area contributed by atoms with Gasteiger partial charge in [0.05, 0.1) is 13.2 Å². The molecule has 0 amide bonds. The summed E-state index contributed by atoms with van der Waals surface area (Å²) in [6.07, 6.45) is 2.34. The van der Waals surface area contributed by atoms with Gasteiger partial charge in [-0.05, 0) is 37.9 Å². The number of nitrogens with one attached hydrogen (secondary N) is 1. The van der Waals surface area contributed by atoms with Crippen LogP contribution in [0.3, 0.4) is 0 Å². The fourth-order valence-corrected chi connectivity index (χ4v) is 2.56. The van der Waals surface area contributed by atoms with E-state index in [1.54, 1.807) is 7.11 Å². The smallest absolute Gasteiger partial charge is 0.166 e. The molecule has 1 aromatic carbocycles. The van der Waals surface area contributed by atoms with Gasteiger partial charge in [-0.15, -0.1) is 0 Å².